The van der Waals surface area contributed by atoms with Crippen LogP contribution in [0.1, 0.15) is 30.0 Å². The average molecular weight is 396 g/mol. The molecule has 28 heavy (non-hydrogen) atoms. The minimum atomic E-state index is -3.53. The molecule has 2 N–H and O–H groups in total. The van der Waals surface area contributed by atoms with Gasteiger partial charge in [0.1, 0.15) is 0 Å². The van der Waals surface area contributed by atoms with E-state index in [0.717, 1.165) is 34.9 Å². The first-order valence-corrected chi connectivity index (χ1v) is 11.4. The number of sulfonamides is 1. The van der Waals surface area contributed by atoms with Gasteiger partial charge in [0, 0.05) is 5.39 Å². The molecule has 1 fully saturated rings. The Balaban J connectivity index is 1.88. The Morgan fingerprint density at radius 1 is 1.21 bits per heavy atom. The van der Waals surface area contributed by atoms with E-state index in [4.69, 9.17) is 10.8 Å². The van der Waals surface area contributed by atoms with Crippen LogP contribution in [0.25, 0.3) is 10.9 Å². The van der Waals surface area contributed by atoms with Gasteiger partial charge in [-0.1, -0.05) is 48.8 Å². The summed E-state index contributed by atoms with van der Waals surface area (Å²) in [7, 11) is -3.53. The van der Waals surface area contributed by atoms with Crippen molar-refractivity contribution < 1.29 is 8.42 Å². The van der Waals surface area contributed by atoms with Crippen molar-refractivity contribution >= 4 is 39.3 Å². The second kappa shape index (κ2) is 6.85. The van der Waals surface area contributed by atoms with Crippen molar-refractivity contribution in [2.45, 2.75) is 39.0 Å². The summed E-state index contributed by atoms with van der Waals surface area (Å²) < 4.78 is 29.1. The fourth-order valence-electron chi connectivity index (χ4n) is 3.91. The zero-order valence-corrected chi connectivity index (χ0v) is 17.3. The molecule has 0 radical (unpaired) electrons. The van der Waals surface area contributed by atoms with E-state index < -0.39 is 10.0 Å². The first-order valence-electron chi connectivity index (χ1n) is 9.58. The van der Waals surface area contributed by atoms with Gasteiger partial charge in [0.25, 0.3) is 6.85 Å². The molecule has 0 atom stereocenters. The molecule has 8 heteroatoms. The molecular weight excluding hydrogens is 371 g/mol. The van der Waals surface area contributed by atoms with Crippen LogP contribution in [0.3, 0.4) is 0 Å². The lowest BCUT2D eigenvalue weighted by Gasteiger charge is -2.26. The maximum atomic E-state index is 12.8. The fraction of sp³-hybridized carbons (Fsp3) is 0.350. The number of benzene rings is 2. The zero-order valence-electron chi connectivity index (χ0n) is 16.5. The first-order chi connectivity index (χ1) is 13.3. The van der Waals surface area contributed by atoms with Crippen molar-refractivity contribution in [1.29, 1.82) is 0 Å². The van der Waals surface area contributed by atoms with E-state index in [9.17, 15) is 8.42 Å². The monoisotopic (exact) mass is 396 g/mol. The fourth-order valence-corrected chi connectivity index (χ4v) is 5.08. The van der Waals surface area contributed by atoms with Crippen molar-refractivity contribution in [2.75, 3.05) is 16.2 Å². The first kappa shape index (κ1) is 18.9. The number of nitrogens with two attached hydrogens (primary N) is 1. The highest BCUT2D eigenvalue weighted by Crippen LogP contribution is 2.42. The molecule has 1 heterocycles. The minimum absolute atomic E-state index is 0.274. The Labute approximate surface area is 166 Å². The van der Waals surface area contributed by atoms with Crippen LogP contribution in [0, 0.1) is 6.92 Å². The molecule has 0 aliphatic heterocycles. The van der Waals surface area contributed by atoms with Crippen molar-refractivity contribution in [1.82, 2.24) is 9.78 Å². The zero-order chi connectivity index (χ0) is 20.1. The van der Waals surface area contributed by atoms with Gasteiger partial charge in [0.05, 0.1) is 23.5 Å². The van der Waals surface area contributed by atoms with Gasteiger partial charge in [0.15, 0.2) is 5.82 Å². The highest BCUT2D eigenvalue weighted by atomic mass is 32.2. The van der Waals surface area contributed by atoms with Gasteiger partial charge in [-0.25, -0.2) is 8.42 Å². The van der Waals surface area contributed by atoms with Gasteiger partial charge < -0.3 is 5.73 Å². The van der Waals surface area contributed by atoms with Crippen LogP contribution in [0.4, 0.5) is 11.5 Å². The molecular formula is C20H25BN4O2S. The average Bonchev–Trinajstić information content (AvgIpc) is 3.39. The van der Waals surface area contributed by atoms with Gasteiger partial charge in [-0.05, 0) is 37.7 Å². The van der Waals surface area contributed by atoms with Crippen molar-refractivity contribution in [3.63, 3.8) is 0 Å². The summed E-state index contributed by atoms with van der Waals surface area (Å²) in [6.07, 6.45) is 3.94. The molecule has 6 nitrogen and oxygen atoms in total. The maximum Gasteiger partial charge on any atom is 0.277 e. The molecule has 1 aliphatic carbocycles. The third kappa shape index (κ3) is 3.37. The number of anilines is 2. The van der Waals surface area contributed by atoms with Crippen LogP contribution in [-0.4, -0.2) is 31.3 Å². The third-order valence-corrected chi connectivity index (χ3v) is 6.55. The standard InChI is InChI=1S/C20H25BN4O2S/c1-14-9-12-17(22)19-18(14)20(23-24(19)16-10-11-16)25(28(3,26)27)21(2)13-15-7-5-4-6-8-15/h4-9,12,16H,10-11,13,22H2,1-3H3. The number of nitrogens with zero attached hydrogens (tertiary/aromatic N) is 3. The van der Waals surface area contributed by atoms with Gasteiger partial charge in [0.2, 0.25) is 10.0 Å². The Kier molecular flexibility index (Phi) is 4.61. The van der Waals surface area contributed by atoms with Crippen LogP contribution in [-0.2, 0) is 16.3 Å². The normalized spacial score (nSPS) is 14.4. The molecule has 1 aliphatic rings. The number of fused-ring (bicyclic) bond motifs is 1. The molecule has 2 aromatic carbocycles. The highest BCUT2D eigenvalue weighted by molar-refractivity contribution is 7.93. The number of aryl methyl sites for hydroxylation is 1. The molecule has 4 rings (SSSR count). The molecule has 1 saturated carbocycles. The van der Waals surface area contributed by atoms with E-state index in [1.807, 2.05) is 60.9 Å². The maximum absolute atomic E-state index is 12.8. The molecule has 0 spiro atoms. The summed E-state index contributed by atoms with van der Waals surface area (Å²) in [5.74, 6) is 0.484. The van der Waals surface area contributed by atoms with E-state index in [1.165, 1.54) is 10.5 Å². The number of aromatic nitrogens is 2. The molecule has 3 aromatic rings. The van der Waals surface area contributed by atoms with E-state index >= 15 is 0 Å². The van der Waals surface area contributed by atoms with Gasteiger partial charge >= 0.3 is 0 Å². The highest BCUT2D eigenvalue weighted by Gasteiger charge is 2.35. The molecule has 146 valence electrons. The summed E-state index contributed by atoms with van der Waals surface area (Å²) in [6, 6.07) is 14.0. The SMILES string of the molecule is CB(Cc1ccccc1)N(c1nn(C2CC2)c2c(N)ccc(C)c12)S(C)(=O)=O. The molecule has 0 amide bonds. The lowest BCUT2D eigenvalue weighted by molar-refractivity contribution is 0.602. The van der Waals surface area contributed by atoms with Crippen LogP contribution >= 0.6 is 0 Å². The second-order valence-electron chi connectivity index (χ2n) is 7.79. The largest absolute Gasteiger partial charge is 0.397 e. The quantitative estimate of drug-likeness (QED) is 0.511. The van der Waals surface area contributed by atoms with Crippen molar-refractivity contribution in [2.24, 2.45) is 0 Å². The summed E-state index contributed by atoms with van der Waals surface area (Å²) >= 11 is 0. The number of hydrogen-bond donors (Lipinski definition) is 1. The van der Waals surface area contributed by atoms with Gasteiger partial charge in [-0.2, -0.15) is 5.10 Å². The number of rotatable bonds is 6. The molecule has 1 aromatic heterocycles. The molecule has 0 bridgehead atoms. The second-order valence-corrected chi connectivity index (χ2v) is 9.65. The Bertz CT molecular complexity index is 1120. The molecule has 0 unspecified atom stereocenters. The van der Waals surface area contributed by atoms with Crippen LogP contribution in [0.15, 0.2) is 42.5 Å². The smallest absolute Gasteiger partial charge is 0.277 e. The van der Waals surface area contributed by atoms with Crippen LogP contribution < -0.4 is 9.95 Å². The van der Waals surface area contributed by atoms with Crippen LogP contribution in [0.5, 0.6) is 0 Å². The predicted molar refractivity (Wildman–Crippen MR) is 116 cm³/mol. The topological polar surface area (TPSA) is 81.2 Å². The van der Waals surface area contributed by atoms with Crippen LogP contribution in [0.2, 0.25) is 6.82 Å². The van der Waals surface area contributed by atoms with E-state index in [-0.39, 0.29) is 6.85 Å². The lowest BCUT2D eigenvalue weighted by Crippen LogP contribution is -2.43. The summed E-state index contributed by atoms with van der Waals surface area (Å²) in [5.41, 5.74) is 9.83. The number of nitrogen functional groups attached to an aromatic ring is 1. The molecule has 0 saturated heterocycles. The van der Waals surface area contributed by atoms with Crippen molar-refractivity contribution in [3.8, 4) is 0 Å². The summed E-state index contributed by atoms with van der Waals surface area (Å²) in [6.45, 7) is 3.63. The van der Waals surface area contributed by atoms with Gasteiger partial charge in [-0.3, -0.25) is 8.90 Å². The summed E-state index contributed by atoms with van der Waals surface area (Å²) in [4.78, 5) is 0. The Morgan fingerprint density at radius 3 is 2.50 bits per heavy atom. The van der Waals surface area contributed by atoms with E-state index in [2.05, 4.69) is 0 Å². The minimum Gasteiger partial charge on any atom is -0.397 e. The van der Waals surface area contributed by atoms with Gasteiger partial charge in [-0.15, -0.1) is 0 Å². The summed E-state index contributed by atoms with van der Waals surface area (Å²) in [5, 5.41) is 5.62. The Hall–Kier alpha value is -2.48. The number of hydrogen-bond acceptors (Lipinski definition) is 4. The predicted octanol–water partition coefficient (Wildman–Crippen LogP) is 3.43. The lowest BCUT2D eigenvalue weighted by atomic mass is 9.60. The van der Waals surface area contributed by atoms with E-state index in [0.29, 0.717) is 23.9 Å². The van der Waals surface area contributed by atoms with E-state index in [1.54, 1.807) is 0 Å². The Morgan fingerprint density at radius 2 is 1.89 bits per heavy atom. The third-order valence-electron chi connectivity index (χ3n) is 5.31. The van der Waals surface area contributed by atoms with Crippen molar-refractivity contribution in [3.05, 3.63) is 53.6 Å².